The van der Waals surface area contributed by atoms with Crippen LogP contribution in [0.25, 0.3) is 22.3 Å². The predicted octanol–water partition coefficient (Wildman–Crippen LogP) is 5.13. The lowest BCUT2D eigenvalue weighted by Gasteiger charge is -2.04. The number of rotatable bonds is 3. The zero-order valence-corrected chi connectivity index (χ0v) is 12.4. The molecule has 0 saturated carbocycles. The van der Waals surface area contributed by atoms with E-state index in [1.54, 1.807) is 0 Å². The maximum Gasteiger partial charge on any atom is 0.153 e. The number of fused-ring (bicyclic) bond motifs is 1. The summed E-state index contributed by atoms with van der Waals surface area (Å²) in [5.41, 5.74) is 2.70. The Bertz CT molecular complexity index is 764. The summed E-state index contributed by atoms with van der Waals surface area (Å²) < 4.78 is 5.83. The molecular formula is C16H13Cl2NO. The lowest BCUT2D eigenvalue weighted by molar-refractivity contribution is 0.631. The Morgan fingerprint density at radius 3 is 2.60 bits per heavy atom. The number of nitrogens with one attached hydrogen (secondary N) is 1. The first kappa shape index (κ1) is 13.5. The Labute approximate surface area is 127 Å². The highest BCUT2D eigenvalue weighted by atomic mass is 35.5. The van der Waals surface area contributed by atoms with Crippen molar-refractivity contribution in [1.29, 1.82) is 0 Å². The monoisotopic (exact) mass is 305 g/mol. The highest BCUT2D eigenvalue weighted by molar-refractivity contribution is 6.35. The smallest absolute Gasteiger partial charge is 0.153 e. The van der Waals surface area contributed by atoms with Crippen molar-refractivity contribution in [2.75, 3.05) is 7.05 Å². The topological polar surface area (TPSA) is 25.2 Å². The average molecular weight is 306 g/mol. The first-order valence-corrected chi connectivity index (χ1v) is 7.06. The van der Waals surface area contributed by atoms with Crippen LogP contribution >= 0.6 is 23.2 Å². The number of hydrogen-bond donors (Lipinski definition) is 1. The largest absolute Gasteiger partial charge is 0.454 e. The van der Waals surface area contributed by atoms with Crippen LogP contribution < -0.4 is 5.32 Å². The van der Waals surface area contributed by atoms with Crippen molar-refractivity contribution in [1.82, 2.24) is 5.32 Å². The van der Waals surface area contributed by atoms with E-state index in [-0.39, 0.29) is 0 Å². The Morgan fingerprint density at radius 1 is 1.05 bits per heavy atom. The minimum Gasteiger partial charge on any atom is -0.454 e. The maximum absolute atomic E-state index is 6.35. The van der Waals surface area contributed by atoms with E-state index in [4.69, 9.17) is 27.6 Å². The SMILES string of the molecule is CNCc1ccc(-c2cc3cccc(Cl)c3o2)c(Cl)c1. The van der Waals surface area contributed by atoms with Crippen LogP contribution in [0, 0.1) is 0 Å². The third-order valence-corrected chi connectivity index (χ3v) is 3.79. The Morgan fingerprint density at radius 2 is 1.90 bits per heavy atom. The third kappa shape index (κ3) is 2.42. The summed E-state index contributed by atoms with van der Waals surface area (Å²) in [7, 11) is 1.91. The minimum absolute atomic E-state index is 0.608. The predicted molar refractivity (Wildman–Crippen MR) is 84.4 cm³/mol. The Balaban J connectivity index is 2.08. The summed E-state index contributed by atoms with van der Waals surface area (Å²) >= 11 is 12.5. The lowest BCUT2D eigenvalue weighted by atomic mass is 10.1. The molecule has 0 aliphatic rings. The zero-order valence-electron chi connectivity index (χ0n) is 10.9. The number of furan rings is 1. The molecule has 0 atom stereocenters. The normalized spacial score (nSPS) is 11.2. The van der Waals surface area contributed by atoms with Crippen LogP contribution in [0.2, 0.25) is 10.0 Å². The number of hydrogen-bond acceptors (Lipinski definition) is 2. The van der Waals surface area contributed by atoms with Crippen molar-refractivity contribution in [3.63, 3.8) is 0 Å². The molecule has 0 saturated heterocycles. The zero-order chi connectivity index (χ0) is 14.1. The van der Waals surface area contributed by atoms with Gasteiger partial charge in [-0.3, -0.25) is 0 Å². The molecule has 1 aromatic heterocycles. The molecule has 2 nitrogen and oxygen atoms in total. The van der Waals surface area contributed by atoms with Crippen LogP contribution in [0.4, 0.5) is 0 Å². The molecule has 3 aromatic rings. The van der Waals surface area contributed by atoms with Gasteiger partial charge in [0.05, 0.1) is 10.0 Å². The number of benzene rings is 2. The minimum atomic E-state index is 0.608. The van der Waals surface area contributed by atoms with E-state index < -0.39 is 0 Å². The molecule has 4 heteroatoms. The first-order chi connectivity index (χ1) is 9.69. The number of para-hydroxylation sites is 1. The van der Waals surface area contributed by atoms with Crippen LogP contribution in [0.1, 0.15) is 5.56 Å². The van der Waals surface area contributed by atoms with Gasteiger partial charge in [0.15, 0.2) is 5.58 Å². The van der Waals surface area contributed by atoms with Crippen LogP contribution in [-0.2, 0) is 6.54 Å². The quantitative estimate of drug-likeness (QED) is 0.726. The summed E-state index contributed by atoms with van der Waals surface area (Å²) in [5.74, 6) is 0.731. The van der Waals surface area contributed by atoms with Gasteiger partial charge in [-0.05, 0) is 36.9 Å². The van der Waals surface area contributed by atoms with Gasteiger partial charge in [-0.15, -0.1) is 0 Å². The second-order valence-electron chi connectivity index (χ2n) is 4.61. The van der Waals surface area contributed by atoms with Crippen LogP contribution in [0.3, 0.4) is 0 Å². The molecule has 20 heavy (non-hydrogen) atoms. The Hall–Kier alpha value is -1.48. The van der Waals surface area contributed by atoms with Crippen LogP contribution in [0.15, 0.2) is 46.9 Å². The highest BCUT2D eigenvalue weighted by Gasteiger charge is 2.11. The molecule has 0 unspecified atom stereocenters. The summed E-state index contributed by atoms with van der Waals surface area (Å²) in [6.45, 7) is 0.784. The molecule has 0 aliphatic carbocycles. The van der Waals surface area contributed by atoms with Gasteiger partial charge in [0, 0.05) is 17.5 Å². The van der Waals surface area contributed by atoms with Gasteiger partial charge in [0.1, 0.15) is 5.76 Å². The Kier molecular flexibility index (Phi) is 3.70. The van der Waals surface area contributed by atoms with Gasteiger partial charge in [-0.2, -0.15) is 0 Å². The van der Waals surface area contributed by atoms with Gasteiger partial charge >= 0.3 is 0 Å². The number of halogens is 2. The van der Waals surface area contributed by atoms with Crippen molar-refractivity contribution in [2.45, 2.75) is 6.54 Å². The fourth-order valence-electron chi connectivity index (χ4n) is 2.23. The molecule has 0 bridgehead atoms. The molecule has 0 radical (unpaired) electrons. The van der Waals surface area contributed by atoms with E-state index in [1.807, 2.05) is 49.5 Å². The summed E-state index contributed by atoms with van der Waals surface area (Å²) in [6, 6.07) is 13.6. The molecular weight excluding hydrogens is 293 g/mol. The van der Waals surface area contributed by atoms with Crippen molar-refractivity contribution >= 4 is 34.2 Å². The fraction of sp³-hybridized carbons (Fsp3) is 0.125. The van der Waals surface area contributed by atoms with E-state index in [2.05, 4.69) is 5.32 Å². The third-order valence-electron chi connectivity index (χ3n) is 3.18. The molecule has 0 amide bonds. The second-order valence-corrected chi connectivity index (χ2v) is 5.43. The van der Waals surface area contributed by atoms with E-state index in [1.165, 1.54) is 0 Å². The van der Waals surface area contributed by atoms with Crippen molar-refractivity contribution in [3.8, 4) is 11.3 Å². The molecule has 0 spiro atoms. The molecule has 2 aromatic carbocycles. The molecule has 1 heterocycles. The second kappa shape index (κ2) is 5.49. The van der Waals surface area contributed by atoms with E-state index in [0.29, 0.717) is 15.6 Å². The lowest BCUT2D eigenvalue weighted by Crippen LogP contribution is -2.04. The average Bonchev–Trinajstić information content (AvgIpc) is 2.84. The molecule has 102 valence electrons. The van der Waals surface area contributed by atoms with Crippen LogP contribution in [0.5, 0.6) is 0 Å². The molecule has 3 rings (SSSR count). The van der Waals surface area contributed by atoms with Gasteiger partial charge in [0.25, 0.3) is 0 Å². The van der Waals surface area contributed by atoms with Crippen LogP contribution in [-0.4, -0.2) is 7.05 Å². The van der Waals surface area contributed by atoms with Gasteiger partial charge in [-0.1, -0.05) is 41.4 Å². The fourth-order valence-corrected chi connectivity index (χ4v) is 2.75. The van der Waals surface area contributed by atoms with Crippen molar-refractivity contribution < 1.29 is 4.42 Å². The molecule has 1 N–H and O–H groups in total. The van der Waals surface area contributed by atoms with Gasteiger partial charge < -0.3 is 9.73 Å². The summed E-state index contributed by atoms with van der Waals surface area (Å²) in [4.78, 5) is 0. The maximum atomic E-state index is 6.35. The standard InChI is InChI=1S/C16H13Cl2NO/c1-19-9-10-5-6-12(14(18)7-10)15-8-11-3-2-4-13(17)16(11)20-15/h2-8,19H,9H2,1H3. The molecule has 0 fully saturated rings. The highest BCUT2D eigenvalue weighted by Crippen LogP contribution is 2.35. The van der Waals surface area contributed by atoms with E-state index in [0.717, 1.165) is 28.8 Å². The van der Waals surface area contributed by atoms with Gasteiger partial charge in [0.2, 0.25) is 0 Å². The molecule has 0 aliphatic heterocycles. The van der Waals surface area contributed by atoms with Gasteiger partial charge in [-0.25, -0.2) is 0 Å². The van der Waals surface area contributed by atoms with Crippen molar-refractivity contribution in [2.24, 2.45) is 0 Å². The van der Waals surface area contributed by atoms with E-state index in [9.17, 15) is 0 Å². The summed E-state index contributed by atoms with van der Waals surface area (Å²) in [6.07, 6.45) is 0. The van der Waals surface area contributed by atoms with E-state index >= 15 is 0 Å². The van der Waals surface area contributed by atoms with Crippen molar-refractivity contribution in [3.05, 3.63) is 58.1 Å². The summed E-state index contributed by atoms with van der Waals surface area (Å²) in [5, 5.41) is 5.36. The first-order valence-electron chi connectivity index (χ1n) is 6.30.